The SMILES string of the molecule is Brc1ccc([CH]c2ccco2)cc1. The van der Waals surface area contributed by atoms with Gasteiger partial charge in [-0.1, -0.05) is 28.1 Å². The molecule has 65 valence electrons. The number of halogens is 1. The van der Waals surface area contributed by atoms with Gasteiger partial charge >= 0.3 is 0 Å². The second-order valence-corrected chi connectivity index (χ2v) is 3.63. The molecule has 0 aliphatic heterocycles. The summed E-state index contributed by atoms with van der Waals surface area (Å²) < 4.78 is 6.29. The van der Waals surface area contributed by atoms with Gasteiger partial charge in [0.1, 0.15) is 5.76 Å². The van der Waals surface area contributed by atoms with Crippen molar-refractivity contribution in [3.63, 3.8) is 0 Å². The van der Waals surface area contributed by atoms with Gasteiger partial charge in [-0.05, 0) is 29.8 Å². The standard InChI is InChI=1S/C11H8BrO/c12-10-5-3-9(4-6-10)8-11-2-1-7-13-11/h1-8H. The third kappa shape index (κ3) is 2.22. The predicted octanol–water partition coefficient (Wildman–Crippen LogP) is 3.64. The zero-order chi connectivity index (χ0) is 9.10. The van der Waals surface area contributed by atoms with E-state index in [0.717, 1.165) is 15.8 Å². The van der Waals surface area contributed by atoms with Crippen molar-refractivity contribution in [1.29, 1.82) is 0 Å². The summed E-state index contributed by atoms with van der Waals surface area (Å²) in [5.41, 5.74) is 1.14. The average molecular weight is 236 g/mol. The molecule has 0 spiro atoms. The van der Waals surface area contributed by atoms with E-state index < -0.39 is 0 Å². The normalized spacial score (nSPS) is 10.2. The Bertz CT molecular complexity index is 361. The van der Waals surface area contributed by atoms with Crippen LogP contribution >= 0.6 is 15.9 Å². The largest absolute Gasteiger partial charge is 0.469 e. The summed E-state index contributed by atoms with van der Waals surface area (Å²) in [6, 6.07) is 11.9. The molecule has 2 aromatic rings. The highest BCUT2D eigenvalue weighted by molar-refractivity contribution is 9.10. The third-order valence-electron chi connectivity index (χ3n) is 1.72. The van der Waals surface area contributed by atoms with Crippen molar-refractivity contribution in [3.8, 4) is 0 Å². The lowest BCUT2D eigenvalue weighted by Gasteiger charge is -1.97. The smallest absolute Gasteiger partial charge is 0.112 e. The first-order valence-electron chi connectivity index (χ1n) is 3.98. The van der Waals surface area contributed by atoms with Crippen LogP contribution in [-0.4, -0.2) is 0 Å². The van der Waals surface area contributed by atoms with Gasteiger partial charge in [0, 0.05) is 4.47 Å². The summed E-state index contributed by atoms with van der Waals surface area (Å²) >= 11 is 3.39. The average Bonchev–Trinajstić information content (AvgIpc) is 2.62. The minimum atomic E-state index is 0.877. The van der Waals surface area contributed by atoms with Crippen LogP contribution in [0.5, 0.6) is 0 Å². The van der Waals surface area contributed by atoms with Crippen LogP contribution in [0.2, 0.25) is 0 Å². The lowest BCUT2D eigenvalue weighted by molar-refractivity contribution is 0.542. The topological polar surface area (TPSA) is 13.1 Å². The molecule has 1 radical (unpaired) electrons. The van der Waals surface area contributed by atoms with Gasteiger partial charge in [0.25, 0.3) is 0 Å². The van der Waals surface area contributed by atoms with Crippen molar-refractivity contribution in [3.05, 3.63) is 64.9 Å². The Kier molecular flexibility index (Phi) is 2.50. The second kappa shape index (κ2) is 3.79. The molecule has 0 fully saturated rings. The highest BCUT2D eigenvalue weighted by Gasteiger charge is 1.98. The summed E-state index contributed by atoms with van der Waals surface area (Å²) in [4.78, 5) is 0. The molecule has 2 heteroatoms. The molecule has 1 heterocycles. The fraction of sp³-hybridized carbons (Fsp3) is 0. The van der Waals surface area contributed by atoms with Crippen molar-refractivity contribution >= 4 is 15.9 Å². The number of rotatable bonds is 2. The van der Waals surface area contributed by atoms with Crippen LogP contribution in [0.1, 0.15) is 11.3 Å². The van der Waals surface area contributed by atoms with E-state index in [9.17, 15) is 0 Å². The molecule has 0 atom stereocenters. The zero-order valence-corrected chi connectivity index (χ0v) is 8.49. The first-order chi connectivity index (χ1) is 6.34. The maximum absolute atomic E-state index is 5.20. The van der Waals surface area contributed by atoms with Crippen LogP contribution in [-0.2, 0) is 0 Å². The molecule has 0 aliphatic carbocycles. The number of hydrogen-bond acceptors (Lipinski definition) is 1. The molecule has 0 N–H and O–H groups in total. The fourth-order valence-corrected chi connectivity index (χ4v) is 1.36. The van der Waals surface area contributed by atoms with Gasteiger partial charge in [-0.2, -0.15) is 0 Å². The summed E-state index contributed by atoms with van der Waals surface area (Å²) in [6.45, 7) is 0. The Morgan fingerprint density at radius 3 is 2.46 bits per heavy atom. The van der Waals surface area contributed by atoms with Crippen molar-refractivity contribution in [2.75, 3.05) is 0 Å². The van der Waals surface area contributed by atoms with Crippen LogP contribution in [0.4, 0.5) is 0 Å². The minimum absolute atomic E-state index is 0.877. The summed E-state index contributed by atoms with van der Waals surface area (Å²) in [6.07, 6.45) is 3.66. The van der Waals surface area contributed by atoms with Gasteiger partial charge in [0.05, 0.1) is 12.7 Å². The van der Waals surface area contributed by atoms with Crippen LogP contribution in [0, 0.1) is 6.42 Å². The van der Waals surface area contributed by atoms with E-state index in [1.165, 1.54) is 0 Å². The van der Waals surface area contributed by atoms with Gasteiger partial charge in [0.2, 0.25) is 0 Å². The first-order valence-corrected chi connectivity index (χ1v) is 4.78. The molecule has 2 rings (SSSR count). The predicted molar refractivity (Wildman–Crippen MR) is 55.4 cm³/mol. The van der Waals surface area contributed by atoms with Gasteiger partial charge in [0.15, 0.2) is 0 Å². The molecular formula is C11H8BrO. The molecule has 0 aliphatic rings. The van der Waals surface area contributed by atoms with E-state index >= 15 is 0 Å². The summed E-state index contributed by atoms with van der Waals surface area (Å²) in [5, 5.41) is 0. The quantitative estimate of drug-likeness (QED) is 0.775. The van der Waals surface area contributed by atoms with Crippen LogP contribution < -0.4 is 0 Å². The van der Waals surface area contributed by atoms with E-state index in [1.807, 2.05) is 42.8 Å². The van der Waals surface area contributed by atoms with E-state index in [2.05, 4.69) is 15.9 Å². The highest BCUT2D eigenvalue weighted by atomic mass is 79.9. The van der Waals surface area contributed by atoms with Crippen molar-refractivity contribution in [1.82, 2.24) is 0 Å². The van der Waals surface area contributed by atoms with E-state index in [1.54, 1.807) is 6.26 Å². The molecular weight excluding hydrogens is 228 g/mol. The van der Waals surface area contributed by atoms with Crippen molar-refractivity contribution < 1.29 is 4.42 Å². The van der Waals surface area contributed by atoms with Crippen molar-refractivity contribution in [2.24, 2.45) is 0 Å². The number of furan rings is 1. The number of hydrogen-bond donors (Lipinski definition) is 0. The maximum atomic E-state index is 5.20. The maximum Gasteiger partial charge on any atom is 0.112 e. The van der Waals surface area contributed by atoms with Crippen LogP contribution in [0.15, 0.2) is 51.6 Å². The minimum Gasteiger partial charge on any atom is -0.469 e. The monoisotopic (exact) mass is 235 g/mol. The van der Waals surface area contributed by atoms with Gasteiger partial charge in [-0.3, -0.25) is 0 Å². The van der Waals surface area contributed by atoms with Crippen molar-refractivity contribution in [2.45, 2.75) is 0 Å². The molecule has 1 aromatic heterocycles. The zero-order valence-electron chi connectivity index (χ0n) is 6.91. The number of benzene rings is 1. The van der Waals surface area contributed by atoms with Gasteiger partial charge < -0.3 is 4.42 Å². The molecule has 0 saturated heterocycles. The lowest BCUT2D eigenvalue weighted by atomic mass is 10.1. The molecule has 0 unspecified atom stereocenters. The fourth-order valence-electron chi connectivity index (χ4n) is 1.10. The van der Waals surface area contributed by atoms with Gasteiger partial charge in [-0.25, -0.2) is 0 Å². The van der Waals surface area contributed by atoms with E-state index in [4.69, 9.17) is 4.42 Å². The third-order valence-corrected chi connectivity index (χ3v) is 2.25. The van der Waals surface area contributed by atoms with E-state index in [-0.39, 0.29) is 0 Å². The molecule has 1 aromatic carbocycles. The Morgan fingerprint density at radius 1 is 1.08 bits per heavy atom. The molecule has 0 amide bonds. The summed E-state index contributed by atoms with van der Waals surface area (Å²) in [7, 11) is 0. The highest BCUT2D eigenvalue weighted by Crippen LogP contribution is 2.15. The Hall–Kier alpha value is -1.02. The molecule has 0 saturated carbocycles. The second-order valence-electron chi connectivity index (χ2n) is 2.71. The molecule has 0 bridgehead atoms. The van der Waals surface area contributed by atoms with Gasteiger partial charge in [-0.15, -0.1) is 0 Å². The first kappa shape index (κ1) is 8.57. The Labute approximate surface area is 85.5 Å². The van der Waals surface area contributed by atoms with E-state index in [0.29, 0.717) is 0 Å². The lowest BCUT2D eigenvalue weighted by Crippen LogP contribution is -1.80. The van der Waals surface area contributed by atoms with Crippen LogP contribution in [0.25, 0.3) is 0 Å². The summed E-state index contributed by atoms with van der Waals surface area (Å²) in [5.74, 6) is 0.877. The Balaban J connectivity index is 2.15. The Morgan fingerprint density at radius 2 is 1.85 bits per heavy atom. The molecule has 1 nitrogen and oxygen atoms in total. The van der Waals surface area contributed by atoms with Crippen LogP contribution in [0.3, 0.4) is 0 Å². The molecule has 13 heavy (non-hydrogen) atoms.